The summed E-state index contributed by atoms with van der Waals surface area (Å²) in [6, 6.07) is 5.78. The van der Waals surface area contributed by atoms with Crippen molar-refractivity contribution in [3.8, 4) is 17.1 Å². The molecular weight excluding hydrogens is 268 g/mol. The van der Waals surface area contributed by atoms with Gasteiger partial charge in [-0.3, -0.25) is 0 Å². The van der Waals surface area contributed by atoms with Crippen LogP contribution >= 0.6 is 0 Å². The number of nitrogens with zero attached hydrogens (tertiary/aromatic N) is 4. The van der Waals surface area contributed by atoms with Gasteiger partial charge < -0.3 is 14.4 Å². The Bertz CT molecular complexity index is 627. The zero-order chi connectivity index (χ0) is 14.7. The van der Waals surface area contributed by atoms with Crippen molar-refractivity contribution in [1.29, 1.82) is 0 Å². The van der Waals surface area contributed by atoms with Crippen LogP contribution in [0, 0.1) is 6.92 Å². The Hall–Kier alpha value is -2.21. The van der Waals surface area contributed by atoms with Gasteiger partial charge >= 0.3 is 0 Å². The maximum Gasteiger partial charge on any atom is 0.226 e. The van der Waals surface area contributed by atoms with E-state index in [2.05, 4.69) is 19.9 Å². The number of pyridine rings is 1. The molecule has 1 aliphatic rings. The Kier molecular flexibility index (Phi) is 3.96. The third-order valence-electron chi connectivity index (χ3n) is 3.38. The summed E-state index contributed by atoms with van der Waals surface area (Å²) in [5.41, 5.74) is 2.63. The highest BCUT2D eigenvalue weighted by Gasteiger charge is 2.16. The molecule has 110 valence electrons. The largest absolute Gasteiger partial charge is 0.481 e. The first-order valence-corrected chi connectivity index (χ1v) is 6.95. The van der Waals surface area contributed by atoms with Crippen LogP contribution in [-0.2, 0) is 4.74 Å². The first-order chi connectivity index (χ1) is 10.3. The molecule has 0 bridgehead atoms. The molecule has 3 heterocycles. The normalized spacial score (nSPS) is 15.0. The topological polar surface area (TPSA) is 60.4 Å². The molecule has 0 spiro atoms. The first kappa shape index (κ1) is 13.8. The summed E-state index contributed by atoms with van der Waals surface area (Å²) in [5.74, 6) is 1.31. The maximum absolute atomic E-state index is 5.38. The zero-order valence-electron chi connectivity index (χ0n) is 12.2. The number of hydrogen-bond acceptors (Lipinski definition) is 6. The van der Waals surface area contributed by atoms with Crippen molar-refractivity contribution < 1.29 is 9.47 Å². The lowest BCUT2D eigenvalue weighted by Crippen LogP contribution is -2.37. The van der Waals surface area contributed by atoms with E-state index in [1.54, 1.807) is 13.3 Å². The molecule has 0 amide bonds. The average molecular weight is 286 g/mol. The summed E-state index contributed by atoms with van der Waals surface area (Å²) in [6.07, 6.45) is 1.71. The fourth-order valence-corrected chi connectivity index (χ4v) is 2.34. The highest BCUT2D eigenvalue weighted by Crippen LogP contribution is 2.27. The fraction of sp³-hybridized carbons (Fsp3) is 0.400. The standard InChI is InChI=1S/C15H18N4O2/c1-11-10-13(12-4-3-5-16-14(12)20-2)18-15(17-11)19-6-8-21-9-7-19/h3-5,10H,6-9H2,1-2H3. The van der Waals surface area contributed by atoms with Gasteiger partial charge in [-0.1, -0.05) is 0 Å². The molecule has 0 atom stereocenters. The highest BCUT2D eigenvalue weighted by molar-refractivity contribution is 5.66. The Morgan fingerprint density at radius 1 is 1.24 bits per heavy atom. The molecule has 3 rings (SSSR count). The molecule has 0 N–H and O–H groups in total. The predicted octanol–water partition coefficient (Wildman–Crippen LogP) is 1.69. The number of ether oxygens (including phenoxy) is 2. The van der Waals surface area contributed by atoms with Gasteiger partial charge in [0.15, 0.2) is 0 Å². The minimum atomic E-state index is 0.573. The molecule has 0 unspecified atom stereocenters. The molecule has 2 aromatic heterocycles. The molecule has 2 aromatic rings. The van der Waals surface area contributed by atoms with Crippen molar-refractivity contribution in [1.82, 2.24) is 15.0 Å². The molecule has 1 saturated heterocycles. The van der Waals surface area contributed by atoms with Gasteiger partial charge in [-0.15, -0.1) is 0 Å². The van der Waals surface area contributed by atoms with Crippen LogP contribution in [0.5, 0.6) is 5.88 Å². The molecule has 1 aliphatic heterocycles. The molecule has 6 heteroatoms. The molecule has 0 aliphatic carbocycles. The van der Waals surface area contributed by atoms with Gasteiger partial charge in [0.2, 0.25) is 11.8 Å². The first-order valence-electron chi connectivity index (χ1n) is 6.95. The minimum absolute atomic E-state index is 0.573. The van der Waals surface area contributed by atoms with Crippen molar-refractivity contribution in [2.75, 3.05) is 38.3 Å². The number of methoxy groups -OCH3 is 1. The number of aryl methyl sites for hydroxylation is 1. The van der Waals surface area contributed by atoms with Gasteiger partial charge in [0, 0.05) is 25.0 Å². The van der Waals surface area contributed by atoms with Crippen molar-refractivity contribution in [2.24, 2.45) is 0 Å². The second-order valence-electron chi connectivity index (χ2n) is 4.85. The van der Waals surface area contributed by atoms with Crippen LogP contribution in [-0.4, -0.2) is 48.4 Å². The van der Waals surface area contributed by atoms with Gasteiger partial charge in [-0.25, -0.2) is 15.0 Å². The third-order valence-corrected chi connectivity index (χ3v) is 3.38. The van der Waals surface area contributed by atoms with Crippen molar-refractivity contribution in [3.05, 3.63) is 30.1 Å². The summed E-state index contributed by atoms with van der Waals surface area (Å²) in [6.45, 7) is 5.02. The van der Waals surface area contributed by atoms with Gasteiger partial charge in [0.1, 0.15) is 0 Å². The van der Waals surface area contributed by atoms with Crippen LogP contribution in [0.2, 0.25) is 0 Å². The monoisotopic (exact) mass is 286 g/mol. The molecule has 0 saturated carbocycles. The van der Waals surface area contributed by atoms with Crippen molar-refractivity contribution in [2.45, 2.75) is 6.92 Å². The molecule has 6 nitrogen and oxygen atoms in total. The Balaban J connectivity index is 2.01. The van der Waals surface area contributed by atoms with Gasteiger partial charge in [-0.05, 0) is 25.1 Å². The van der Waals surface area contributed by atoms with E-state index < -0.39 is 0 Å². The Morgan fingerprint density at radius 3 is 2.81 bits per heavy atom. The SMILES string of the molecule is COc1ncccc1-c1cc(C)nc(N2CCOCC2)n1. The molecule has 0 aromatic carbocycles. The zero-order valence-corrected chi connectivity index (χ0v) is 12.2. The minimum Gasteiger partial charge on any atom is -0.481 e. The van der Waals surface area contributed by atoms with E-state index in [1.165, 1.54) is 0 Å². The third kappa shape index (κ3) is 2.95. The van der Waals surface area contributed by atoms with Crippen molar-refractivity contribution >= 4 is 5.95 Å². The van der Waals surface area contributed by atoms with E-state index in [0.717, 1.165) is 36.0 Å². The Labute approximate surface area is 123 Å². The summed E-state index contributed by atoms with van der Waals surface area (Å²) in [5, 5.41) is 0. The average Bonchev–Trinajstić information content (AvgIpc) is 2.55. The summed E-state index contributed by atoms with van der Waals surface area (Å²) >= 11 is 0. The van der Waals surface area contributed by atoms with E-state index in [-0.39, 0.29) is 0 Å². The number of rotatable bonds is 3. The van der Waals surface area contributed by atoms with Crippen LogP contribution in [0.3, 0.4) is 0 Å². The van der Waals surface area contributed by atoms with E-state index >= 15 is 0 Å². The lowest BCUT2D eigenvalue weighted by Gasteiger charge is -2.27. The second-order valence-corrected chi connectivity index (χ2v) is 4.85. The van der Waals surface area contributed by atoms with Crippen LogP contribution in [0.15, 0.2) is 24.4 Å². The number of aromatic nitrogens is 3. The smallest absolute Gasteiger partial charge is 0.226 e. The van der Waals surface area contributed by atoms with E-state index in [1.807, 2.05) is 25.1 Å². The van der Waals surface area contributed by atoms with Gasteiger partial charge in [-0.2, -0.15) is 0 Å². The lowest BCUT2D eigenvalue weighted by atomic mass is 10.2. The number of hydrogen-bond donors (Lipinski definition) is 0. The van der Waals surface area contributed by atoms with Gasteiger partial charge in [0.25, 0.3) is 0 Å². The fourth-order valence-electron chi connectivity index (χ4n) is 2.34. The summed E-state index contributed by atoms with van der Waals surface area (Å²) < 4.78 is 10.7. The van der Waals surface area contributed by atoms with E-state index in [4.69, 9.17) is 9.47 Å². The molecular formula is C15H18N4O2. The maximum atomic E-state index is 5.38. The molecule has 0 radical (unpaired) electrons. The quantitative estimate of drug-likeness (QED) is 0.855. The lowest BCUT2D eigenvalue weighted by molar-refractivity contribution is 0.122. The van der Waals surface area contributed by atoms with Crippen LogP contribution in [0.1, 0.15) is 5.69 Å². The van der Waals surface area contributed by atoms with Crippen LogP contribution in [0.4, 0.5) is 5.95 Å². The van der Waals surface area contributed by atoms with Crippen molar-refractivity contribution in [3.63, 3.8) is 0 Å². The summed E-state index contributed by atoms with van der Waals surface area (Å²) in [4.78, 5) is 15.6. The predicted molar refractivity (Wildman–Crippen MR) is 79.6 cm³/mol. The summed E-state index contributed by atoms with van der Waals surface area (Å²) in [7, 11) is 1.61. The van der Waals surface area contributed by atoms with Crippen LogP contribution in [0.25, 0.3) is 11.3 Å². The van der Waals surface area contributed by atoms with E-state index in [0.29, 0.717) is 19.1 Å². The van der Waals surface area contributed by atoms with Gasteiger partial charge in [0.05, 0.1) is 31.6 Å². The number of anilines is 1. The van der Waals surface area contributed by atoms with E-state index in [9.17, 15) is 0 Å². The van der Waals surface area contributed by atoms with Crippen LogP contribution < -0.4 is 9.64 Å². The highest BCUT2D eigenvalue weighted by atomic mass is 16.5. The second kappa shape index (κ2) is 6.05. The molecule has 1 fully saturated rings. The number of morpholine rings is 1. The molecule has 21 heavy (non-hydrogen) atoms. The Morgan fingerprint density at radius 2 is 2.05 bits per heavy atom.